The molecule has 0 aromatic heterocycles. The number of ether oxygens (including phenoxy) is 1. The fourth-order valence-corrected chi connectivity index (χ4v) is 4.16. The maximum atomic E-state index is 12.9. The molecule has 1 saturated heterocycles. The predicted octanol–water partition coefficient (Wildman–Crippen LogP) is 2.96. The minimum absolute atomic E-state index is 0.0466. The summed E-state index contributed by atoms with van der Waals surface area (Å²) in [5.74, 6) is -0.735. The second-order valence-electron chi connectivity index (χ2n) is 7.91. The Labute approximate surface area is 188 Å². The molecule has 0 saturated carbocycles. The van der Waals surface area contributed by atoms with Gasteiger partial charge in [-0.05, 0) is 43.0 Å². The van der Waals surface area contributed by atoms with Gasteiger partial charge in [-0.2, -0.15) is 0 Å². The Bertz CT molecular complexity index is 1020. The smallest absolute Gasteiger partial charge is 0.408 e. The Balaban J connectivity index is 1.63. The van der Waals surface area contributed by atoms with E-state index in [1.165, 1.54) is 0 Å². The van der Waals surface area contributed by atoms with Gasteiger partial charge in [-0.25, -0.2) is 13.2 Å². The molecule has 1 aliphatic heterocycles. The molecule has 0 spiro atoms. The Morgan fingerprint density at radius 3 is 2.47 bits per heavy atom. The van der Waals surface area contributed by atoms with Gasteiger partial charge in [0.1, 0.15) is 22.5 Å². The summed E-state index contributed by atoms with van der Waals surface area (Å²) in [5, 5.41) is 5.29. The van der Waals surface area contributed by atoms with Crippen LogP contribution in [0, 0.1) is 0 Å². The second-order valence-corrected chi connectivity index (χ2v) is 10.2. The Kier molecular flexibility index (Phi) is 8.10. The Morgan fingerprint density at radius 2 is 1.78 bits per heavy atom. The van der Waals surface area contributed by atoms with Crippen LogP contribution in [0.2, 0.25) is 0 Å². The second kappa shape index (κ2) is 11.0. The number of benzene rings is 2. The molecule has 2 N–H and O–H groups in total. The van der Waals surface area contributed by atoms with Gasteiger partial charge in [-0.15, -0.1) is 0 Å². The molecule has 2 amide bonds. The van der Waals surface area contributed by atoms with Crippen LogP contribution in [0.15, 0.2) is 54.6 Å². The van der Waals surface area contributed by atoms with E-state index in [1.54, 1.807) is 6.07 Å². The number of alkyl carbamates (subject to hydrolysis) is 1. The maximum Gasteiger partial charge on any atom is 0.408 e. The molecule has 0 bridgehead atoms. The number of sulfone groups is 1. The number of nitrogens with one attached hydrogen (secondary N) is 2. The van der Waals surface area contributed by atoms with Gasteiger partial charge in [-0.3, -0.25) is 4.79 Å². The summed E-state index contributed by atoms with van der Waals surface area (Å²) in [4.78, 5) is 27.4. The lowest BCUT2D eigenvalue weighted by Gasteiger charge is -2.20. The van der Waals surface area contributed by atoms with Crippen LogP contribution < -0.4 is 15.5 Å². The van der Waals surface area contributed by atoms with Gasteiger partial charge in [-0.1, -0.05) is 36.4 Å². The van der Waals surface area contributed by atoms with E-state index in [9.17, 15) is 18.0 Å². The van der Waals surface area contributed by atoms with E-state index >= 15 is 0 Å². The van der Waals surface area contributed by atoms with Crippen molar-refractivity contribution in [3.63, 3.8) is 0 Å². The molecular weight excluding hydrogens is 430 g/mol. The summed E-state index contributed by atoms with van der Waals surface area (Å²) in [6, 6.07) is 15.6. The number of hydrogen-bond acceptors (Lipinski definition) is 6. The molecule has 1 aliphatic rings. The lowest BCUT2D eigenvalue weighted by Crippen LogP contribution is -2.45. The van der Waals surface area contributed by atoms with Gasteiger partial charge in [0.15, 0.2) is 0 Å². The number of hydrogen-bond donors (Lipinski definition) is 2. The standard InChI is InChI=1S/C23H29N3O5S/c1-32(29,30)15-12-21(25-23(28)31-17-18-8-3-2-4-9-18)22(27)24-19-10-7-11-20(16-19)26-13-5-6-14-26/h2-4,7-11,16,21H,5-6,12-15,17H2,1H3,(H,24,27)(H,25,28). The zero-order chi connectivity index (χ0) is 23.0. The summed E-state index contributed by atoms with van der Waals surface area (Å²) < 4.78 is 28.4. The van der Waals surface area contributed by atoms with Crippen LogP contribution in [-0.2, 0) is 26.0 Å². The first-order valence-electron chi connectivity index (χ1n) is 10.6. The zero-order valence-electron chi connectivity index (χ0n) is 18.1. The van der Waals surface area contributed by atoms with Crippen molar-refractivity contribution < 1.29 is 22.7 Å². The topological polar surface area (TPSA) is 105 Å². The third kappa shape index (κ3) is 7.56. The van der Waals surface area contributed by atoms with Crippen LogP contribution in [0.3, 0.4) is 0 Å². The van der Waals surface area contributed by atoms with E-state index in [4.69, 9.17) is 4.74 Å². The van der Waals surface area contributed by atoms with Gasteiger partial charge >= 0.3 is 6.09 Å². The van der Waals surface area contributed by atoms with E-state index in [2.05, 4.69) is 15.5 Å². The molecule has 2 aromatic rings. The van der Waals surface area contributed by atoms with Gasteiger partial charge in [0.2, 0.25) is 5.91 Å². The van der Waals surface area contributed by atoms with Crippen molar-refractivity contribution in [2.24, 2.45) is 0 Å². The highest BCUT2D eigenvalue weighted by Crippen LogP contribution is 2.23. The molecule has 2 aromatic carbocycles. The fraction of sp³-hybridized carbons (Fsp3) is 0.391. The summed E-state index contributed by atoms with van der Waals surface area (Å²) in [7, 11) is -3.31. The van der Waals surface area contributed by atoms with Crippen LogP contribution in [0.25, 0.3) is 0 Å². The predicted molar refractivity (Wildman–Crippen MR) is 124 cm³/mol. The van der Waals surface area contributed by atoms with E-state index in [1.807, 2.05) is 48.5 Å². The van der Waals surface area contributed by atoms with Crippen molar-refractivity contribution in [2.75, 3.05) is 35.3 Å². The summed E-state index contributed by atoms with van der Waals surface area (Å²) in [5.41, 5.74) is 2.41. The SMILES string of the molecule is CS(=O)(=O)CCC(NC(=O)OCc1ccccc1)C(=O)Nc1cccc(N2CCCC2)c1. The van der Waals surface area contributed by atoms with Crippen molar-refractivity contribution in [3.8, 4) is 0 Å². The van der Waals surface area contributed by atoms with E-state index in [-0.39, 0.29) is 18.8 Å². The Hall–Kier alpha value is -3.07. The number of carbonyl (C=O) groups is 2. The fourth-order valence-electron chi connectivity index (χ4n) is 3.49. The van der Waals surface area contributed by atoms with E-state index in [0.717, 1.165) is 43.4 Å². The molecule has 1 heterocycles. The van der Waals surface area contributed by atoms with Crippen LogP contribution in [0.5, 0.6) is 0 Å². The monoisotopic (exact) mass is 459 g/mol. The molecule has 1 atom stereocenters. The highest BCUT2D eigenvalue weighted by Gasteiger charge is 2.24. The largest absolute Gasteiger partial charge is 0.445 e. The number of amides is 2. The number of carbonyl (C=O) groups excluding carboxylic acids is 2. The first-order valence-corrected chi connectivity index (χ1v) is 12.7. The highest BCUT2D eigenvalue weighted by molar-refractivity contribution is 7.90. The quantitative estimate of drug-likeness (QED) is 0.597. The van der Waals surface area contributed by atoms with Crippen molar-refractivity contribution >= 4 is 33.2 Å². The molecule has 8 nitrogen and oxygen atoms in total. The first-order chi connectivity index (χ1) is 15.3. The van der Waals surface area contributed by atoms with Gasteiger partial charge in [0.05, 0.1) is 5.75 Å². The Morgan fingerprint density at radius 1 is 1.06 bits per heavy atom. The molecule has 1 fully saturated rings. The van der Waals surface area contributed by atoms with Crippen molar-refractivity contribution in [1.29, 1.82) is 0 Å². The highest BCUT2D eigenvalue weighted by atomic mass is 32.2. The zero-order valence-corrected chi connectivity index (χ0v) is 18.9. The van der Waals surface area contributed by atoms with Gasteiger partial charge in [0.25, 0.3) is 0 Å². The number of anilines is 2. The molecular formula is C23H29N3O5S. The molecule has 9 heteroatoms. The first kappa shape index (κ1) is 23.6. The molecule has 0 radical (unpaired) electrons. The minimum atomic E-state index is -3.31. The average molecular weight is 460 g/mol. The van der Waals surface area contributed by atoms with Crippen LogP contribution in [0.1, 0.15) is 24.8 Å². The van der Waals surface area contributed by atoms with Crippen molar-refractivity contribution in [1.82, 2.24) is 5.32 Å². The number of nitrogens with zero attached hydrogens (tertiary/aromatic N) is 1. The third-order valence-electron chi connectivity index (χ3n) is 5.18. The van der Waals surface area contributed by atoms with Crippen molar-refractivity contribution in [3.05, 3.63) is 60.2 Å². The van der Waals surface area contributed by atoms with E-state index < -0.39 is 27.9 Å². The summed E-state index contributed by atoms with van der Waals surface area (Å²) >= 11 is 0. The molecule has 32 heavy (non-hydrogen) atoms. The maximum absolute atomic E-state index is 12.9. The molecule has 0 aliphatic carbocycles. The normalized spacial score (nSPS) is 14.6. The summed E-state index contributed by atoms with van der Waals surface area (Å²) in [6.45, 7) is 2.00. The minimum Gasteiger partial charge on any atom is -0.445 e. The average Bonchev–Trinajstić information content (AvgIpc) is 3.30. The van der Waals surface area contributed by atoms with Crippen LogP contribution >= 0.6 is 0 Å². The van der Waals surface area contributed by atoms with Crippen molar-refractivity contribution in [2.45, 2.75) is 31.9 Å². The third-order valence-corrected chi connectivity index (χ3v) is 6.16. The molecule has 3 rings (SSSR count). The van der Waals surface area contributed by atoms with Gasteiger partial charge in [0, 0.05) is 30.7 Å². The lowest BCUT2D eigenvalue weighted by atomic mass is 10.2. The lowest BCUT2D eigenvalue weighted by molar-refractivity contribution is -0.118. The van der Waals surface area contributed by atoms with Gasteiger partial charge < -0.3 is 20.3 Å². The van der Waals surface area contributed by atoms with Crippen LogP contribution in [-0.4, -0.2) is 51.6 Å². The van der Waals surface area contributed by atoms with Crippen LogP contribution in [0.4, 0.5) is 16.2 Å². The molecule has 172 valence electrons. The molecule has 1 unspecified atom stereocenters. The summed E-state index contributed by atoms with van der Waals surface area (Å²) in [6.07, 6.45) is 2.53. The van der Waals surface area contributed by atoms with E-state index in [0.29, 0.717) is 5.69 Å². The number of rotatable bonds is 9.